The van der Waals surface area contributed by atoms with Crippen molar-refractivity contribution in [3.63, 3.8) is 0 Å². The van der Waals surface area contributed by atoms with Crippen molar-refractivity contribution in [3.8, 4) is 11.5 Å². The quantitative estimate of drug-likeness (QED) is 0.519. The molecule has 1 amide bonds. The number of hydrogen-bond acceptors (Lipinski definition) is 5. The number of aliphatic imine (C=N–C) groups is 1. The van der Waals surface area contributed by atoms with Crippen molar-refractivity contribution < 1.29 is 13.9 Å². The molecule has 1 unspecified atom stereocenters. The van der Waals surface area contributed by atoms with Crippen LogP contribution >= 0.6 is 0 Å². The van der Waals surface area contributed by atoms with Gasteiger partial charge in [-0.2, -0.15) is 0 Å². The van der Waals surface area contributed by atoms with Crippen molar-refractivity contribution >= 4 is 12.1 Å². The molecule has 2 heterocycles. The Kier molecular flexibility index (Phi) is 8.14. The van der Waals surface area contributed by atoms with E-state index < -0.39 is 5.60 Å². The summed E-state index contributed by atoms with van der Waals surface area (Å²) >= 11 is 0. The number of amides is 1. The number of hydrogen-bond donors (Lipinski definition) is 2. The van der Waals surface area contributed by atoms with E-state index >= 15 is 0 Å². The van der Waals surface area contributed by atoms with E-state index in [2.05, 4.69) is 20.6 Å². The van der Waals surface area contributed by atoms with Gasteiger partial charge in [-0.3, -0.25) is 4.99 Å². The van der Waals surface area contributed by atoms with Crippen LogP contribution in [0, 0.1) is 5.92 Å². The largest absolute Gasteiger partial charge is 0.444 e. The maximum Gasteiger partial charge on any atom is 0.410 e. The number of benzene rings is 1. The number of oxazole rings is 1. The third-order valence-electron chi connectivity index (χ3n) is 5.25. The Morgan fingerprint density at radius 1 is 1.28 bits per heavy atom. The molecule has 2 aromatic rings. The van der Waals surface area contributed by atoms with Gasteiger partial charge in [0.05, 0.1) is 12.2 Å². The SMILES string of the molecule is CN=C(NCCC1CCCN(C(=O)OC(C)(C)C)C1)NCc1coc(-c2ccccc2)n1. The average Bonchev–Trinajstić information content (AvgIpc) is 3.25. The fourth-order valence-electron chi connectivity index (χ4n) is 3.68. The molecule has 0 bridgehead atoms. The van der Waals surface area contributed by atoms with E-state index in [9.17, 15) is 4.79 Å². The van der Waals surface area contributed by atoms with Crippen LogP contribution in [0.25, 0.3) is 11.5 Å². The van der Waals surface area contributed by atoms with Gasteiger partial charge in [0.2, 0.25) is 5.89 Å². The second-order valence-electron chi connectivity index (χ2n) is 9.09. The lowest BCUT2D eigenvalue weighted by Gasteiger charge is -2.34. The highest BCUT2D eigenvalue weighted by molar-refractivity contribution is 5.79. The zero-order valence-corrected chi connectivity index (χ0v) is 19.6. The van der Waals surface area contributed by atoms with Crippen LogP contribution in [-0.2, 0) is 11.3 Å². The van der Waals surface area contributed by atoms with Crippen LogP contribution in [0.1, 0.15) is 45.7 Å². The Morgan fingerprint density at radius 2 is 2.06 bits per heavy atom. The predicted octanol–water partition coefficient (Wildman–Crippen LogP) is 4.04. The zero-order valence-electron chi connectivity index (χ0n) is 19.6. The topological polar surface area (TPSA) is 92.0 Å². The van der Waals surface area contributed by atoms with Crippen molar-refractivity contribution in [1.29, 1.82) is 0 Å². The van der Waals surface area contributed by atoms with Crippen molar-refractivity contribution in [1.82, 2.24) is 20.5 Å². The summed E-state index contributed by atoms with van der Waals surface area (Å²) in [6.07, 6.45) is 4.54. The van der Waals surface area contributed by atoms with E-state index in [0.717, 1.165) is 50.2 Å². The molecule has 1 aromatic carbocycles. The van der Waals surface area contributed by atoms with Crippen molar-refractivity contribution in [2.24, 2.45) is 10.9 Å². The van der Waals surface area contributed by atoms with Crippen LogP contribution in [0.15, 0.2) is 46.0 Å². The molecular formula is C24H35N5O3. The lowest BCUT2D eigenvalue weighted by Crippen LogP contribution is -2.44. The number of nitrogens with zero attached hydrogens (tertiary/aromatic N) is 3. The van der Waals surface area contributed by atoms with Gasteiger partial charge in [0.1, 0.15) is 11.9 Å². The first-order valence-electron chi connectivity index (χ1n) is 11.3. The number of rotatable bonds is 6. The van der Waals surface area contributed by atoms with Gasteiger partial charge in [-0.05, 0) is 58.1 Å². The number of ether oxygens (including phenoxy) is 1. The van der Waals surface area contributed by atoms with Crippen LogP contribution in [-0.4, -0.2) is 54.2 Å². The Morgan fingerprint density at radius 3 is 2.78 bits per heavy atom. The summed E-state index contributed by atoms with van der Waals surface area (Å²) in [5.74, 6) is 1.78. The van der Waals surface area contributed by atoms with Crippen LogP contribution in [0.4, 0.5) is 4.79 Å². The minimum atomic E-state index is -0.463. The summed E-state index contributed by atoms with van der Waals surface area (Å²) in [7, 11) is 1.75. The molecule has 2 N–H and O–H groups in total. The standard InChI is InChI=1S/C24H35N5O3/c1-24(2,3)32-23(30)29-14-8-9-18(16-29)12-13-26-22(25-4)27-15-20-17-31-21(28-20)19-10-6-5-7-11-19/h5-7,10-11,17-18H,8-9,12-16H2,1-4H3,(H2,25,26,27). The van der Waals surface area contributed by atoms with Crippen LogP contribution in [0.5, 0.6) is 0 Å². The molecule has 174 valence electrons. The average molecular weight is 442 g/mol. The van der Waals surface area contributed by atoms with E-state index in [1.165, 1.54) is 0 Å². The highest BCUT2D eigenvalue weighted by atomic mass is 16.6. The molecule has 1 aliphatic heterocycles. The summed E-state index contributed by atoms with van der Waals surface area (Å²) in [6, 6.07) is 9.83. The first-order chi connectivity index (χ1) is 15.3. The third-order valence-corrected chi connectivity index (χ3v) is 5.25. The van der Waals surface area contributed by atoms with Crippen molar-refractivity contribution in [2.75, 3.05) is 26.7 Å². The molecule has 0 radical (unpaired) electrons. The Bertz CT molecular complexity index is 889. The van der Waals surface area contributed by atoms with Gasteiger partial charge in [-0.15, -0.1) is 0 Å². The van der Waals surface area contributed by atoms with Crippen LogP contribution < -0.4 is 10.6 Å². The van der Waals surface area contributed by atoms with Gasteiger partial charge in [-0.25, -0.2) is 9.78 Å². The maximum absolute atomic E-state index is 12.3. The Labute approximate surface area is 190 Å². The monoisotopic (exact) mass is 441 g/mol. The van der Waals surface area contributed by atoms with E-state index in [0.29, 0.717) is 24.3 Å². The molecule has 0 aliphatic carbocycles. The van der Waals surface area contributed by atoms with Gasteiger partial charge >= 0.3 is 6.09 Å². The fraction of sp³-hybridized carbons (Fsp3) is 0.542. The number of piperidine rings is 1. The summed E-state index contributed by atoms with van der Waals surface area (Å²) in [4.78, 5) is 23.0. The normalized spacial score (nSPS) is 17.2. The number of carbonyl (C=O) groups is 1. The molecule has 1 aliphatic rings. The molecule has 8 heteroatoms. The number of likely N-dealkylation sites (tertiary alicyclic amines) is 1. The smallest absolute Gasteiger partial charge is 0.410 e. The second-order valence-corrected chi connectivity index (χ2v) is 9.09. The number of carbonyl (C=O) groups excluding carboxylic acids is 1. The number of guanidine groups is 1. The third kappa shape index (κ3) is 7.28. The molecule has 0 saturated carbocycles. The fourth-order valence-corrected chi connectivity index (χ4v) is 3.68. The van der Waals surface area contributed by atoms with Crippen molar-refractivity contribution in [3.05, 3.63) is 42.3 Å². The van der Waals surface area contributed by atoms with Crippen molar-refractivity contribution in [2.45, 2.75) is 52.2 Å². The zero-order chi connectivity index (χ0) is 23.0. The first kappa shape index (κ1) is 23.6. The lowest BCUT2D eigenvalue weighted by atomic mass is 9.95. The molecular weight excluding hydrogens is 406 g/mol. The van der Waals surface area contributed by atoms with Gasteiger partial charge in [-0.1, -0.05) is 18.2 Å². The number of nitrogens with one attached hydrogen (secondary N) is 2. The minimum absolute atomic E-state index is 0.213. The Hall–Kier alpha value is -3.03. The summed E-state index contributed by atoms with van der Waals surface area (Å²) in [5, 5.41) is 6.63. The first-order valence-corrected chi connectivity index (χ1v) is 11.3. The summed E-state index contributed by atoms with van der Waals surface area (Å²) < 4.78 is 11.1. The lowest BCUT2D eigenvalue weighted by molar-refractivity contribution is 0.0162. The molecule has 0 spiro atoms. The van der Waals surface area contributed by atoms with E-state index in [1.54, 1.807) is 13.3 Å². The van der Waals surface area contributed by atoms with Gasteiger partial charge in [0.15, 0.2) is 5.96 Å². The van der Waals surface area contributed by atoms with E-state index in [-0.39, 0.29) is 6.09 Å². The second kappa shape index (κ2) is 11.0. The molecule has 1 saturated heterocycles. The molecule has 3 rings (SSSR count). The maximum atomic E-state index is 12.3. The molecule has 8 nitrogen and oxygen atoms in total. The summed E-state index contributed by atoms with van der Waals surface area (Å²) in [6.45, 7) is 8.50. The van der Waals surface area contributed by atoms with Gasteiger partial charge in [0, 0.05) is 32.2 Å². The highest BCUT2D eigenvalue weighted by Gasteiger charge is 2.27. The van der Waals surface area contributed by atoms with Gasteiger partial charge in [0.25, 0.3) is 0 Å². The van der Waals surface area contributed by atoms with E-state index in [1.807, 2.05) is 56.0 Å². The van der Waals surface area contributed by atoms with E-state index in [4.69, 9.17) is 9.15 Å². The molecule has 1 fully saturated rings. The summed E-state index contributed by atoms with van der Waals surface area (Å²) in [5.41, 5.74) is 1.30. The highest BCUT2D eigenvalue weighted by Crippen LogP contribution is 2.21. The van der Waals surface area contributed by atoms with Crippen LogP contribution in [0.3, 0.4) is 0 Å². The molecule has 1 aromatic heterocycles. The molecule has 32 heavy (non-hydrogen) atoms. The van der Waals surface area contributed by atoms with Gasteiger partial charge < -0.3 is 24.7 Å². The number of aromatic nitrogens is 1. The molecule has 1 atom stereocenters. The Balaban J connectivity index is 1.40. The minimum Gasteiger partial charge on any atom is -0.444 e. The predicted molar refractivity (Wildman–Crippen MR) is 125 cm³/mol. The van der Waals surface area contributed by atoms with Crippen LogP contribution in [0.2, 0.25) is 0 Å².